The maximum atomic E-state index is 11.6. The van der Waals surface area contributed by atoms with Gasteiger partial charge in [0.2, 0.25) is 0 Å². The molecular formula is C12H14BrNO. The van der Waals surface area contributed by atoms with E-state index in [-0.39, 0.29) is 5.78 Å². The third kappa shape index (κ3) is 4.30. The van der Waals surface area contributed by atoms with E-state index in [1.54, 1.807) is 24.4 Å². The highest BCUT2D eigenvalue weighted by Gasteiger charge is 2.00. The molecule has 0 unspecified atom stereocenters. The van der Waals surface area contributed by atoms with E-state index in [1.807, 2.05) is 26.0 Å². The van der Waals surface area contributed by atoms with Gasteiger partial charge in [0.15, 0.2) is 5.78 Å². The Kier molecular flexibility index (Phi) is 4.56. The molecule has 0 spiro atoms. The Hall–Kier alpha value is -1.09. The van der Waals surface area contributed by atoms with Gasteiger partial charge in [0, 0.05) is 28.4 Å². The number of nitrogens with one attached hydrogen (secondary N) is 1. The molecule has 15 heavy (non-hydrogen) atoms. The smallest absolute Gasteiger partial charge is 0.187 e. The van der Waals surface area contributed by atoms with Gasteiger partial charge in [-0.3, -0.25) is 4.79 Å². The van der Waals surface area contributed by atoms with Crippen LogP contribution in [0.3, 0.4) is 0 Å². The number of carbonyl (C=O) groups excluding carboxylic acids is 1. The van der Waals surface area contributed by atoms with Crippen molar-refractivity contribution in [1.29, 1.82) is 0 Å². The van der Waals surface area contributed by atoms with Crippen LogP contribution in [0.4, 0.5) is 0 Å². The molecule has 2 nitrogen and oxygen atoms in total. The van der Waals surface area contributed by atoms with Crippen LogP contribution in [0, 0.1) is 0 Å². The van der Waals surface area contributed by atoms with Crippen molar-refractivity contribution in [2.75, 3.05) is 0 Å². The molecule has 0 heterocycles. The molecule has 1 N–H and O–H groups in total. The number of allylic oxidation sites excluding steroid dienone is 1. The summed E-state index contributed by atoms with van der Waals surface area (Å²) in [7, 11) is 0. The zero-order valence-corrected chi connectivity index (χ0v) is 10.4. The first kappa shape index (κ1) is 12.0. The Morgan fingerprint density at radius 3 is 2.47 bits per heavy atom. The van der Waals surface area contributed by atoms with Crippen molar-refractivity contribution in [3.8, 4) is 0 Å². The van der Waals surface area contributed by atoms with Gasteiger partial charge in [-0.15, -0.1) is 0 Å². The molecule has 0 amide bonds. The van der Waals surface area contributed by atoms with Gasteiger partial charge < -0.3 is 5.32 Å². The number of hydrogen-bond acceptors (Lipinski definition) is 2. The van der Waals surface area contributed by atoms with Crippen LogP contribution in [0.2, 0.25) is 0 Å². The van der Waals surface area contributed by atoms with Gasteiger partial charge in [0.05, 0.1) is 0 Å². The number of halogens is 1. The molecule has 0 aliphatic carbocycles. The summed E-state index contributed by atoms with van der Waals surface area (Å²) in [5, 5.41) is 3.05. The first-order valence-corrected chi connectivity index (χ1v) is 5.61. The van der Waals surface area contributed by atoms with E-state index in [0.29, 0.717) is 11.6 Å². The molecule has 0 aliphatic heterocycles. The summed E-state index contributed by atoms with van der Waals surface area (Å²) < 4.78 is 0.975. The summed E-state index contributed by atoms with van der Waals surface area (Å²) in [5.41, 5.74) is 0.694. The fourth-order valence-corrected chi connectivity index (χ4v) is 1.29. The first-order valence-electron chi connectivity index (χ1n) is 4.82. The fraction of sp³-hybridized carbons (Fsp3) is 0.250. The number of benzene rings is 1. The molecule has 1 aromatic rings. The predicted molar refractivity (Wildman–Crippen MR) is 65.9 cm³/mol. The minimum absolute atomic E-state index is 0.00986. The van der Waals surface area contributed by atoms with E-state index in [0.717, 1.165) is 4.47 Å². The van der Waals surface area contributed by atoms with Crippen LogP contribution in [-0.4, -0.2) is 11.8 Å². The highest BCUT2D eigenvalue weighted by molar-refractivity contribution is 9.10. The predicted octanol–water partition coefficient (Wildman–Crippen LogP) is 3.14. The lowest BCUT2D eigenvalue weighted by molar-refractivity contribution is 0.104. The lowest BCUT2D eigenvalue weighted by Crippen LogP contribution is -2.15. The van der Waals surface area contributed by atoms with E-state index < -0.39 is 0 Å². The molecular weight excluding hydrogens is 254 g/mol. The number of hydrogen-bond donors (Lipinski definition) is 1. The normalized spacial score (nSPS) is 10.9. The molecule has 0 aliphatic rings. The Bertz CT molecular complexity index is 354. The van der Waals surface area contributed by atoms with Gasteiger partial charge in [-0.2, -0.15) is 0 Å². The Balaban J connectivity index is 2.61. The monoisotopic (exact) mass is 267 g/mol. The molecule has 0 saturated carbocycles. The zero-order valence-electron chi connectivity index (χ0n) is 8.83. The second kappa shape index (κ2) is 5.71. The molecule has 0 fully saturated rings. The van der Waals surface area contributed by atoms with Crippen molar-refractivity contribution >= 4 is 21.7 Å². The zero-order chi connectivity index (χ0) is 11.3. The van der Waals surface area contributed by atoms with E-state index >= 15 is 0 Å². The third-order valence-corrected chi connectivity index (χ3v) is 2.32. The first-order chi connectivity index (χ1) is 7.09. The minimum Gasteiger partial charge on any atom is -0.389 e. The average Bonchev–Trinajstić information content (AvgIpc) is 2.18. The van der Waals surface area contributed by atoms with Crippen LogP contribution in [-0.2, 0) is 0 Å². The van der Waals surface area contributed by atoms with Crippen molar-refractivity contribution in [3.63, 3.8) is 0 Å². The van der Waals surface area contributed by atoms with Crippen LogP contribution in [0.5, 0.6) is 0 Å². The summed E-state index contributed by atoms with van der Waals surface area (Å²) in [6.45, 7) is 4.04. The molecule has 3 heteroatoms. The van der Waals surface area contributed by atoms with Crippen LogP contribution in [0.1, 0.15) is 24.2 Å². The quantitative estimate of drug-likeness (QED) is 0.671. The van der Waals surface area contributed by atoms with Gasteiger partial charge in [-0.25, -0.2) is 0 Å². The van der Waals surface area contributed by atoms with E-state index in [2.05, 4.69) is 21.2 Å². The van der Waals surface area contributed by atoms with Gasteiger partial charge in [0.1, 0.15) is 0 Å². The topological polar surface area (TPSA) is 29.1 Å². The highest BCUT2D eigenvalue weighted by atomic mass is 79.9. The maximum Gasteiger partial charge on any atom is 0.187 e. The number of rotatable bonds is 4. The molecule has 80 valence electrons. The Morgan fingerprint density at radius 1 is 1.33 bits per heavy atom. The summed E-state index contributed by atoms with van der Waals surface area (Å²) in [6.07, 6.45) is 3.23. The van der Waals surface area contributed by atoms with Crippen molar-refractivity contribution in [2.24, 2.45) is 0 Å². The lowest BCUT2D eigenvalue weighted by atomic mass is 10.1. The summed E-state index contributed by atoms with van der Waals surface area (Å²) in [6, 6.07) is 7.66. The minimum atomic E-state index is 0.00986. The van der Waals surface area contributed by atoms with Crippen molar-refractivity contribution in [1.82, 2.24) is 5.32 Å². The van der Waals surface area contributed by atoms with Crippen LogP contribution in [0.15, 0.2) is 41.0 Å². The largest absolute Gasteiger partial charge is 0.389 e. The second-order valence-electron chi connectivity index (χ2n) is 3.53. The summed E-state index contributed by atoms with van der Waals surface area (Å²) in [4.78, 5) is 11.6. The van der Waals surface area contributed by atoms with Gasteiger partial charge in [-0.1, -0.05) is 15.9 Å². The van der Waals surface area contributed by atoms with Crippen molar-refractivity contribution < 1.29 is 4.79 Å². The second-order valence-corrected chi connectivity index (χ2v) is 4.44. The van der Waals surface area contributed by atoms with Crippen LogP contribution >= 0.6 is 15.9 Å². The molecule has 0 saturated heterocycles. The molecule has 0 bridgehead atoms. The third-order valence-electron chi connectivity index (χ3n) is 1.79. The fourth-order valence-electron chi connectivity index (χ4n) is 1.03. The maximum absolute atomic E-state index is 11.6. The van der Waals surface area contributed by atoms with Crippen LogP contribution < -0.4 is 5.32 Å². The average molecular weight is 268 g/mol. The van der Waals surface area contributed by atoms with E-state index in [4.69, 9.17) is 0 Å². The van der Waals surface area contributed by atoms with Gasteiger partial charge in [-0.05, 0) is 38.1 Å². The van der Waals surface area contributed by atoms with Gasteiger partial charge in [0.25, 0.3) is 0 Å². The molecule has 1 rings (SSSR count). The molecule has 0 radical (unpaired) electrons. The summed E-state index contributed by atoms with van der Waals surface area (Å²) in [5.74, 6) is 0.00986. The standard InChI is InChI=1S/C12H14BrNO/c1-9(2)14-8-7-12(15)10-3-5-11(13)6-4-10/h3-9,14H,1-2H3. The highest BCUT2D eigenvalue weighted by Crippen LogP contribution is 2.11. The lowest BCUT2D eigenvalue weighted by Gasteiger charge is -2.02. The van der Waals surface area contributed by atoms with Crippen molar-refractivity contribution in [3.05, 3.63) is 46.6 Å². The molecule has 1 aromatic carbocycles. The van der Waals surface area contributed by atoms with Crippen LogP contribution in [0.25, 0.3) is 0 Å². The summed E-state index contributed by atoms with van der Waals surface area (Å²) >= 11 is 3.32. The van der Waals surface area contributed by atoms with E-state index in [9.17, 15) is 4.79 Å². The number of ketones is 1. The van der Waals surface area contributed by atoms with E-state index in [1.165, 1.54) is 0 Å². The SMILES string of the molecule is CC(C)NC=CC(=O)c1ccc(Br)cc1. The molecule has 0 atom stereocenters. The molecule has 0 aromatic heterocycles. The van der Waals surface area contributed by atoms with Gasteiger partial charge >= 0.3 is 0 Å². The van der Waals surface area contributed by atoms with Crippen molar-refractivity contribution in [2.45, 2.75) is 19.9 Å². The number of carbonyl (C=O) groups is 1. The Labute approximate surface area is 98.5 Å². The Morgan fingerprint density at radius 2 is 1.93 bits per heavy atom.